The molecule has 2 aromatic carbocycles. The number of likely N-dealkylation sites (tertiary alicyclic amines) is 2. The summed E-state index contributed by atoms with van der Waals surface area (Å²) >= 11 is 0. The van der Waals surface area contributed by atoms with E-state index < -0.39 is 12.1 Å². The van der Waals surface area contributed by atoms with Crippen LogP contribution in [0.1, 0.15) is 61.0 Å². The predicted octanol–water partition coefficient (Wildman–Crippen LogP) is 5.13. The second-order valence-electron chi connectivity index (χ2n) is 11.4. The Hall–Kier alpha value is -3.27. The number of para-hydroxylation sites is 2. The number of carboxylic acids is 1. The van der Waals surface area contributed by atoms with Crippen molar-refractivity contribution < 1.29 is 32.6 Å². The summed E-state index contributed by atoms with van der Waals surface area (Å²) in [7, 11) is 0. The fraction of sp³-hybridized carbons (Fsp3) is 0.517. The standard InChI is InChI=1S/C27H35N3O2.C2HF3O2/c1-26(2)18-20-6-5-7-21(24(20)32-26)19-29-14-10-27(11-15-29)12-16-30(17-13-27)25(31)22-8-3-4-9-23(22)28;3-2(4,5)1(6)7/h3-9H,10-19,28H2,1-2H3;(H,6,7). The smallest absolute Gasteiger partial charge is 0.487 e. The molecule has 0 radical (unpaired) electrons. The second kappa shape index (κ2) is 11.1. The molecular weight excluding hydrogens is 511 g/mol. The number of carboxylic acid groups (broad SMARTS) is 1. The second-order valence-corrected chi connectivity index (χ2v) is 11.4. The summed E-state index contributed by atoms with van der Waals surface area (Å²) < 4.78 is 38.0. The van der Waals surface area contributed by atoms with E-state index in [-0.39, 0.29) is 11.5 Å². The Morgan fingerprint density at radius 1 is 0.974 bits per heavy atom. The molecule has 0 aliphatic carbocycles. The monoisotopic (exact) mass is 547 g/mol. The van der Waals surface area contributed by atoms with E-state index in [1.807, 2.05) is 29.2 Å². The van der Waals surface area contributed by atoms with E-state index in [0.29, 0.717) is 16.7 Å². The number of aliphatic carboxylic acids is 1. The number of hydrogen-bond donors (Lipinski definition) is 2. The lowest BCUT2D eigenvalue weighted by Crippen LogP contribution is -2.48. The van der Waals surface area contributed by atoms with Crippen LogP contribution in [-0.4, -0.2) is 64.7 Å². The molecule has 0 unspecified atom stereocenters. The van der Waals surface area contributed by atoms with Crippen molar-refractivity contribution >= 4 is 17.6 Å². The topological polar surface area (TPSA) is 96.1 Å². The lowest BCUT2D eigenvalue weighted by Gasteiger charge is -2.47. The molecule has 0 saturated carbocycles. The Labute approximate surface area is 226 Å². The first kappa shape index (κ1) is 28.7. The summed E-state index contributed by atoms with van der Waals surface area (Å²) in [4.78, 5) is 26.4. The van der Waals surface area contributed by atoms with Crippen LogP contribution in [0.4, 0.5) is 18.9 Å². The highest BCUT2D eigenvalue weighted by atomic mass is 19.4. The molecule has 39 heavy (non-hydrogen) atoms. The van der Waals surface area contributed by atoms with Gasteiger partial charge in [0.25, 0.3) is 5.91 Å². The van der Waals surface area contributed by atoms with Crippen LogP contribution in [0.2, 0.25) is 0 Å². The van der Waals surface area contributed by atoms with Gasteiger partial charge in [0.15, 0.2) is 0 Å². The van der Waals surface area contributed by atoms with E-state index in [1.165, 1.54) is 24.0 Å². The van der Waals surface area contributed by atoms with Gasteiger partial charge >= 0.3 is 12.1 Å². The molecular formula is C29H36F3N3O4. The zero-order valence-electron chi connectivity index (χ0n) is 22.4. The van der Waals surface area contributed by atoms with E-state index in [1.54, 1.807) is 0 Å². The van der Waals surface area contributed by atoms with Crippen LogP contribution >= 0.6 is 0 Å². The van der Waals surface area contributed by atoms with Gasteiger partial charge in [-0.05, 0) is 75.7 Å². The van der Waals surface area contributed by atoms with Crippen molar-refractivity contribution in [2.24, 2.45) is 5.41 Å². The van der Waals surface area contributed by atoms with Crippen molar-refractivity contribution in [3.63, 3.8) is 0 Å². The van der Waals surface area contributed by atoms with Crippen LogP contribution in [0.3, 0.4) is 0 Å². The Balaban J connectivity index is 0.000000448. The largest absolute Gasteiger partial charge is 0.490 e. The van der Waals surface area contributed by atoms with Crippen LogP contribution in [-0.2, 0) is 17.8 Å². The number of halogens is 3. The fourth-order valence-electron chi connectivity index (χ4n) is 5.78. The molecule has 3 heterocycles. The third-order valence-corrected chi connectivity index (χ3v) is 8.03. The van der Waals surface area contributed by atoms with Gasteiger partial charge in [-0.15, -0.1) is 0 Å². The highest BCUT2D eigenvalue weighted by molar-refractivity contribution is 5.99. The van der Waals surface area contributed by atoms with Crippen molar-refractivity contribution in [2.75, 3.05) is 31.9 Å². The minimum absolute atomic E-state index is 0.0799. The first-order valence-corrected chi connectivity index (χ1v) is 13.2. The minimum Gasteiger partial charge on any atom is -0.487 e. The number of ether oxygens (including phenoxy) is 1. The van der Waals surface area contributed by atoms with Crippen molar-refractivity contribution in [3.05, 3.63) is 59.2 Å². The maximum Gasteiger partial charge on any atom is 0.490 e. The minimum atomic E-state index is -5.08. The number of rotatable bonds is 3. The van der Waals surface area contributed by atoms with Gasteiger partial charge in [-0.25, -0.2) is 4.79 Å². The molecule has 2 fully saturated rings. The molecule has 0 atom stereocenters. The summed E-state index contributed by atoms with van der Waals surface area (Å²) in [5.41, 5.74) is 10.2. The third-order valence-electron chi connectivity index (χ3n) is 8.03. The fourth-order valence-corrected chi connectivity index (χ4v) is 5.78. The molecule has 0 aromatic heterocycles. The number of benzene rings is 2. The summed E-state index contributed by atoms with van der Waals surface area (Å²) in [6, 6.07) is 14.0. The predicted molar refractivity (Wildman–Crippen MR) is 141 cm³/mol. The first-order valence-electron chi connectivity index (χ1n) is 13.2. The number of amides is 1. The van der Waals surface area contributed by atoms with Crippen LogP contribution in [0.25, 0.3) is 0 Å². The summed E-state index contributed by atoms with van der Waals surface area (Å²) in [6.07, 6.45) is 0.519. The van der Waals surface area contributed by atoms with Crippen molar-refractivity contribution in [1.82, 2.24) is 9.80 Å². The van der Waals surface area contributed by atoms with Crippen LogP contribution in [0.15, 0.2) is 42.5 Å². The van der Waals surface area contributed by atoms with Crippen LogP contribution in [0, 0.1) is 5.41 Å². The molecule has 1 amide bonds. The van der Waals surface area contributed by atoms with Gasteiger partial charge in [0.1, 0.15) is 11.4 Å². The molecule has 3 aliphatic heterocycles. The normalized spacial score (nSPS) is 20.0. The van der Waals surface area contributed by atoms with E-state index in [4.69, 9.17) is 20.4 Å². The van der Waals surface area contributed by atoms with E-state index in [9.17, 15) is 18.0 Å². The van der Waals surface area contributed by atoms with Crippen molar-refractivity contribution in [3.8, 4) is 5.75 Å². The zero-order valence-corrected chi connectivity index (χ0v) is 22.4. The van der Waals surface area contributed by atoms with Gasteiger partial charge < -0.3 is 20.5 Å². The molecule has 2 aromatic rings. The number of carbonyl (C=O) groups is 2. The molecule has 2 saturated heterocycles. The number of carbonyl (C=O) groups excluding carboxylic acids is 1. The average Bonchev–Trinajstić information content (AvgIpc) is 3.21. The molecule has 1 spiro atoms. The van der Waals surface area contributed by atoms with E-state index in [0.717, 1.165) is 57.7 Å². The average molecular weight is 548 g/mol. The summed E-state index contributed by atoms with van der Waals surface area (Å²) in [5.74, 6) is -1.56. The lowest BCUT2D eigenvalue weighted by atomic mass is 9.71. The van der Waals surface area contributed by atoms with E-state index >= 15 is 0 Å². The number of piperidine rings is 2. The number of nitrogen functional groups attached to an aromatic ring is 1. The van der Waals surface area contributed by atoms with Crippen molar-refractivity contribution in [2.45, 2.75) is 64.3 Å². The molecule has 5 rings (SSSR count). The van der Waals surface area contributed by atoms with Gasteiger partial charge in [-0.2, -0.15) is 13.2 Å². The van der Waals surface area contributed by atoms with Gasteiger partial charge in [0.05, 0.1) is 5.56 Å². The summed E-state index contributed by atoms with van der Waals surface area (Å²) in [5, 5.41) is 7.12. The Bertz CT molecular complexity index is 1200. The number of hydrogen-bond acceptors (Lipinski definition) is 5. The highest BCUT2D eigenvalue weighted by Crippen LogP contribution is 2.43. The van der Waals surface area contributed by atoms with Gasteiger partial charge in [-0.1, -0.05) is 30.3 Å². The Kier molecular flexibility index (Phi) is 8.16. The van der Waals surface area contributed by atoms with Crippen LogP contribution in [0.5, 0.6) is 5.75 Å². The quantitative estimate of drug-likeness (QED) is 0.517. The Morgan fingerprint density at radius 3 is 2.15 bits per heavy atom. The molecule has 10 heteroatoms. The molecule has 212 valence electrons. The Morgan fingerprint density at radius 2 is 1.56 bits per heavy atom. The van der Waals surface area contributed by atoms with Gasteiger partial charge in [-0.3, -0.25) is 9.69 Å². The number of nitrogens with two attached hydrogens (primary N) is 1. The van der Waals surface area contributed by atoms with Crippen molar-refractivity contribution in [1.29, 1.82) is 0 Å². The maximum atomic E-state index is 12.9. The van der Waals surface area contributed by atoms with Crippen LogP contribution < -0.4 is 10.5 Å². The number of nitrogens with zero attached hydrogens (tertiary/aromatic N) is 2. The SMILES string of the molecule is CC1(C)Cc2cccc(CN3CCC4(CC3)CCN(C(=O)c3ccccc3N)CC4)c2O1.O=C(O)C(F)(F)F. The lowest BCUT2D eigenvalue weighted by molar-refractivity contribution is -0.192. The zero-order chi connectivity index (χ0) is 28.4. The molecule has 7 nitrogen and oxygen atoms in total. The van der Waals surface area contributed by atoms with Gasteiger partial charge in [0.2, 0.25) is 0 Å². The number of fused-ring (bicyclic) bond motifs is 1. The first-order chi connectivity index (χ1) is 18.3. The molecule has 3 N–H and O–H groups in total. The number of alkyl halides is 3. The molecule has 3 aliphatic rings. The third kappa shape index (κ3) is 6.84. The molecule has 0 bridgehead atoms. The number of anilines is 1. The maximum absolute atomic E-state index is 12.9. The van der Waals surface area contributed by atoms with Gasteiger partial charge in [0, 0.05) is 37.3 Å². The van der Waals surface area contributed by atoms with E-state index in [2.05, 4.69) is 36.9 Å². The highest BCUT2D eigenvalue weighted by Gasteiger charge is 2.40. The summed E-state index contributed by atoms with van der Waals surface area (Å²) in [6.45, 7) is 9.21.